The predicted molar refractivity (Wildman–Crippen MR) is 111 cm³/mol. The number of aromatic nitrogens is 1. The molecule has 2 atom stereocenters. The molecular weight excluding hydrogens is 390 g/mol. The van der Waals surface area contributed by atoms with Gasteiger partial charge in [-0.1, -0.05) is 18.2 Å². The Bertz CT molecular complexity index is 920. The van der Waals surface area contributed by atoms with Crippen molar-refractivity contribution in [3.05, 3.63) is 42.4 Å². The highest BCUT2D eigenvalue weighted by atomic mass is 16.4. The Hall–Kier alpha value is -3.60. The van der Waals surface area contributed by atoms with Gasteiger partial charge in [-0.2, -0.15) is 0 Å². The van der Waals surface area contributed by atoms with Crippen LogP contribution in [0.25, 0.3) is 10.9 Å². The molecule has 2 aromatic rings. The second-order valence-electron chi connectivity index (χ2n) is 6.62. The number of carboxylic acid groups (broad SMARTS) is 1. The summed E-state index contributed by atoms with van der Waals surface area (Å²) in [6.07, 6.45) is 3.64. The quantitative estimate of drug-likeness (QED) is 0.106. The highest BCUT2D eigenvalue weighted by Crippen LogP contribution is 2.19. The monoisotopic (exact) mass is 417 g/mol. The number of nitrogens with one attached hydrogen (secondary N) is 4. The van der Waals surface area contributed by atoms with Crippen molar-refractivity contribution in [2.45, 2.75) is 24.9 Å². The molecule has 0 aliphatic heterocycles. The van der Waals surface area contributed by atoms with Crippen LogP contribution in [-0.4, -0.2) is 59.0 Å². The average Bonchev–Trinajstić information content (AvgIpc) is 3.12. The number of fused-ring (bicyclic) bond motifs is 1. The molecule has 30 heavy (non-hydrogen) atoms. The fraction of sp³-hybridized carbons (Fsp3) is 0.316. The number of hydrogen-bond donors (Lipinski definition) is 8. The number of carboxylic acids is 1. The number of carbonyl (C=O) groups excluding carboxylic acids is 2. The highest BCUT2D eigenvalue weighted by Gasteiger charge is 2.27. The van der Waals surface area contributed by atoms with Crippen molar-refractivity contribution in [1.29, 1.82) is 0 Å². The summed E-state index contributed by atoms with van der Waals surface area (Å²) in [5.74, 6) is -2.37. The van der Waals surface area contributed by atoms with E-state index in [1.807, 2.05) is 24.3 Å². The van der Waals surface area contributed by atoms with E-state index < -0.39 is 29.9 Å². The summed E-state index contributed by atoms with van der Waals surface area (Å²) in [4.78, 5) is 41.9. The van der Waals surface area contributed by atoms with E-state index in [0.717, 1.165) is 16.5 Å². The zero-order valence-electron chi connectivity index (χ0n) is 16.4. The first-order valence-electron chi connectivity index (χ1n) is 9.34. The van der Waals surface area contributed by atoms with E-state index in [4.69, 9.17) is 17.2 Å². The summed E-state index contributed by atoms with van der Waals surface area (Å²) in [7, 11) is 0. The number of rotatable bonds is 11. The van der Waals surface area contributed by atoms with Gasteiger partial charge in [0.25, 0.3) is 0 Å². The fourth-order valence-electron chi connectivity index (χ4n) is 2.91. The summed E-state index contributed by atoms with van der Waals surface area (Å²) in [5, 5.41) is 15.4. The summed E-state index contributed by atoms with van der Waals surface area (Å²) in [6.45, 7) is 0.0272. The summed E-state index contributed by atoms with van der Waals surface area (Å²) in [6, 6.07) is 5.21. The highest BCUT2D eigenvalue weighted by molar-refractivity contribution is 5.92. The number of benzene rings is 1. The number of nitrogens with two attached hydrogens (primary N) is 3. The first-order chi connectivity index (χ1) is 14.3. The van der Waals surface area contributed by atoms with E-state index >= 15 is 0 Å². The minimum absolute atomic E-state index is 0.0278. The normalized spacial score (nSPS) is 12.7. The van der Waals surface area contributed by atoms with Crippen LogP contribution in [0, 0.1) is 6.42 Å². The lowest BCUT2D eigenvalue weighted by molar-refractivity contribution is -0.458. The van der Waals surface area contributed by atoms with Crippen molar-refractivity contribution < 1.29 is 24.5 Å². The molecular formula is C19H27N7O4+. The molecule has 11 heteroatoms. The molecule has 0 aliphatic carbocycles. The predicted octanol–water partition coefficient (Wildman–Crippen LogP) is -3.33. The lowest BCUT2D eigenvalue weighted by atomic mass is 10.0. The van der Waals surface area contributed by atoms with E-state index in [2.05, 4.69) is 20.6 Å². The third kappa shape index (κ3) is 6.48. The molecule has 1 aromatic carbocycles. The third-order valence-corrected chi connectivity index (χ3v) is 4.37. The van der Waals surface area contributed by atoms with Crippen LogP contribution >= 0.6 is 0 Å². The van der Waals surface area contributed by atoms with Crippen molar-refractivity contribution >= 4 is 34.6 Å². The molecule has 2 amide bonds. The Labute approximate surface area is 173 Å². The van der Waals surface area contributed by atoms with E-state index in [1.165, 1.54) is 6.42 Å². The number of carbonyl (C=O) groups is 3. The molecule has 0 saturated carbocycles. The Kier molecular flexibility index (Phi) is 8.18. The molecule has 161 valence electrons. The molecule has 1 aromatic heterocycles. The van der Waals surface area contributed by atoms with Crippen LogP contribution in [0.4, 0.5) is 0 Å². The van der Waals surface area contributed by atoms with Gasteiger partial charge in [0.1, 0.15) is 12.1 Å². The van der Waals surface area contributed by atoms with Gasteiger partial charge in [-0.05, 0) is 24.5 Å². The zero-order valence-corrected chi connectivity index (χ0v) is 16.4. The minimum Gasteiger partial charge on any atom is -0.480 e. The standard InChI is InChI=1S/C19H26N7O4/c20-9-16(27)25-14(6-3-7-23-19(21)22)17(28)26-15(18(29)30)8-11-10-24-13-5-2-1-4-12(11)13/h1-2,4-6,10,14-15,24H,3,7-9,20H2,(H,25,27)(H,26,28)(H,29,30)(H4,21,22,23)/p+1. The number of aliphatic carboxylic acids is 1. The molecule has 0 fully saturated rings. The lowest BCUT2D eigenvalue weighted by Gasteiger charge is -2.21. The first-order valence-corrected chi connectivity index (χ1v) is 9.34. The van der Waals surface area contributed by atoms with Gasteiger partial charge in [0.15, 0.2) is 0 Å². The summed E-state index contributed by atoms with van der Waals surface area (Å²) >= 11 is 0. The summed E-state index contributed by atoms with van der Waals surface area (Å²) < 4.78 is 0. The van der Waals surface area contributed by atoms with Crippen LogP contribution < -0.4 is 32.8 Å². The van der Waals surface area contributed by atoms with E-state index in [1.54, 1.807) is 6.20 Å². The Morgan fingerprint density at radius 3 is 2.60 bits per heavy atom. The summed E-state index contributed by atoms with van der Waals surface area (Å²) in [5.41, 5.74) is 17.5. The number of guanidine groups is 1. The van der Waals surface area contributed by atoms with Crippen LogP contribution in [0.2, 0.25) is 0 Å². The van der Waals surface area contributed by atoms with E-state index in [-0.39, 0.29) is 18.9 Å². The van der Waals surface area contributed by atoms with Crippen LogP contribution in [0.5, 0.6) is 0 Å². The van der Waals surface area contributed by atoms with Gasteiger partial charge in [-0.25, -0.2) is 4.79 Å². The van der Waals surface area contributed by atoms with Crippen LogP contribution in [0.1, 0.15) is 12.0 Å². The molecule has 2 unspecified atom stereocenters. The molecule has 0 spiro atoms. The number of hydrogen-bond acceptors (Lipinski definition) is 4. The smallest absolute Gasteiger partial charge is 0.338 e. The first kappa shape index (κ1) is 22.7. The molecule has 0 bridgehead atoms. The lowest BCUT2D eigenvalue weighted by Crippen LogP contribution is -2.78. The zero-order chi connectivity index (χ0) is 22.1. The Morgan fingerprint density at radius 2 is 1.93 bits per heavy atom. The van der Waals surface area contributed by atoms with Crippen molar-refractivity contribution in [3.63, 3.8) is 0 Å². The Morgan fingerprint density at radius 1 is 1.20 bits per heavy atom. The van der Waals surface area contributed by atoms with Crippen molar-refractivity contribution in [2.75, 3.05) is 13.1 Å². The second kappa shape index (κ2) is 10.8. The van der Waals surface area contributed by atoms with Gasteiger partial charge in [-0.15, -0.1) is 0 Å². The van der Waals surface area contributed by atoms with Gasteiger partial charge in [0.05, 0.1) is 13.1 Å². The van der Waals surface area contributed by atoms with Gasteiger partial charge in [0, 0.05) is 23.5 Å². The number of amides is 2. The van der Waals surface area contributed by atoms with Crippen molar-refractivity contribution in [2.24, 2.45) is 17.2 Å². The minimum atomic E-state index is -1.19. The van der Waals surface area contributed by atoms with Gasteiger partial charge in [0.2, 0.25) is 11.8 Å². The van der Waals surface area contributed by atoms with Crippen LogP contribution in [0.3, 0.4) is 0 Å². The van der Waals surface area contributed by atoms with Crippen molar-refractivity contribution in [1.82, 2.24) is 15.6 Å². The maximum absolute atomic E-state index is 12.7. The van der Waals surface area contributed by atoms with Crippen LogP contribution in [-0.2, 0) is 20.8 Å². The largest absolute Gasteiger partial charge is 0.480 e. The SMILES string of the molecule is NCC(=O)NC([CH]CC[NH+]=C(N)N)C(=O)NC(Cc1c[nH]c2ccccc12)C(=O)O. The second-order valence-corrected chi connectivity index (χ2v) is 6.62. The molecule has 1 heterocycles. The van der Waals surface area contributed by atoms with Gasteiger partial charge in [-0.3, -0.25) is 26.0 Å². The maximum Gasteiger partial charge on any atom is 0.338 e. The van der Waals surface area contributed by atoms with E-state index in [9.17, 15) is 19.5 Å². The topological polar surface area (TPSA) is 203 Å². The average molecular weight is 417 g/mol. The Balaban J connectivity index is 2.09. The van der Waals surface area contributed by atoms with Crippen molar-refractivity contribution in [3.8, 4) is 0 Å². The third-order valence-electron chi connectivity index (χ3n) is 4.37. The number of H-pyrrole nitrogens is 1. The molecule has 0 saturated heterocycles. The van der Waals surface area contributed by atoms with Crippen LogP contribution in [0.15, 0.2) is 30.5 Å². The molecule has 11 N–H and O–H groups in total. The fourth-order valence-corrected chi connectivity index (χ4v) is 2.91. The number of aromatic amines is 1. The molecule has 0 aliphatic rings. The maximum atomic E-state index is 12.7. The molecule has 11 nitrogen and oxygen atoms in total. The van der Waals surface area contributed by atoms with Gasteiger partial charge >= 0.3 is 11.9 Å². The molecule has 1 radical (unpaired) electrons. The van der Waals surface area contributed by atoms with E-state index in [0.29, 0.717) is 13.0 Å². The van der Waals surface area contributed by atoms with Gasteiger partial charge < -0.3 is 26.5 Å². The molecule has 2 rings (SSSR count). The number of para-hydroxylation sites is 1.